The molecule has 98 valence electrons. The summed E-state index contributed by atoms with van der Waals surface area (Å²) >= 11 is 1.29. The average molecular weight is 278 g/mol. The Morgan fingerprint density at radius 1 is 1.29 bits per heavy atom. The van der Waals surface area contributed by atoms with Crippen molar-refractivity contribution in [2.24, 2.45) is 0 Å². The van der Waals surface area contributed by atoms with Gasteiger partial charge in [-0.25, -0.2) is 4.72 Å². The molecule has 0 unspecified atom stereocenters. The maximum Gasteiger partial charge on any atom is 0.302 e. The van der Waals surface area contributed by atoms with Crippen LogP contribution >= 0.6 is 11.3 Å². The van der Waals surface area contributed by atoms with Crippen molar-refractivity contribution >= 4 is 26.7 Å². The predicted octanol–water partition coefficient (Wildman–Crippen LogP) is 1.49. The number of nitrogens with zero attached hydrogens (tertiary/aromatic N) is 3. The van der Waals surface area contributed by atoms with E-state index in [1.54, 1.807) is 0 Å². The minimum absolute atomic E-state index is 0.324. The third kappa shape index (κ3) is 4.57. The van der Waals surface area contributed by atoms with Crippen molar-refractivity contribution in [3.8, 4) is 0 Å². The number of rotatable bonds is 7. The fourth-order valence-electron chi connectivity index (χ4n) is 1.12. The van der Waals surface area contributed by atoms with Gasteiger partial charge >= 0.3 is 10.2 Å². The first-order valence-electron chi connectivity index (χ1n) is 5.48. The molecule has 0 fully saturated rings. The molecule has 1 aromatic rings. The summed E-state index contributed by atoms with van der Waals surface area (Å²) in [5, 5.41) is 8.96. The average Bonchev–Trinajstić information content (AvgIpc) is 2.65. The summed E-state index contributed by atoms with van der Waals surface area (Å²) in [6.07, 6.45) is 4.22. The van der Waals surface area contributed by atoms with Crippen molar-refractivity contribution in [1.82, 2.24) is 14.5 Å². The molecular formula is C9H18N4O2S2. The molecule has 6 nitrogen and oxygen atoms in total. The Kier molecular flexibility index (Phi) is 5.29. The molecule has 0 saturated carbocycles. The van der Waals surface area contributed by atoms with E-state index in [0.717, 1.165) is 35.0 Å². The lowest BCUT2D eigenvalue weighted by Gasteiger charge is -2.10. The van der Waals surface area contributed by atoms with Gasteiger partial charge in [0.05, 0.1) is 0 Å². The molecule has 1 rings (SSSR count). The zero-order valence-corrected chi connectivity index (χ0v) is 11.9. The standard InChI is InChI=1S/C9H18N4O2S2/c1-4-5-6-7-8-10-11-9(16-8)12-17(14,15)13(2)3/h4-7H2,1-3H3,(H,11,12). The highest BCUT2D eigenvalue weighted by Gasteiger charge is 2.15. The minimum atomic E-state index is -3.47. The Balaban J connectivity index is 2.57. The van der Waals surface area contributed by atoms with E-state index in [9.17, 15) is 8.42 Å². The summed E-state index contributed by atoms with van der Waals surface area (Å²) in [7, 11) is -0.544. The molecule has 0 aromatic carbocycles. The summed E-state index contributed by atoms with van der Waals surface area (Å²) < 4.78 is 26.5. The topological polar surface area (TPSA) is 75.2 Å². The third-order valence-electron chi connectivity index (χ3n) is 2.16. The highest BCUT2D eigenvalue weighted by atomic mass is 32.2. The van der Waals surface area contributed by atoms with Crippen LogP contribution < -0.4 is 4.72 Å². The van der Waals surface area contributed by atoms with Gasteiger partial charge in [0.15, 0.2) is 0 Å². The highest BCUT2D eigenvalue weighted by Crippen LogP contribution is 2.18. The van der Waals surface area contributed by atoms with E-state index in [1.807, 2.05) is 0 Å². The monoisotopic (exact) mass is 278 g/mol. The Morgan fingerprint density at radius 3 is 2.59 bits per heavy atom. The molecular weight excluding hydrogens is 260 g/mol. The quantitative estimate of drug-likeness (QED) is 0.767. The van der Waals surface area contributed by atoms with E-state index in [2.05, 4.69) is 21.8 Å². The maximum absolute atomic E-state index is 11.5. The first kappa shape index (κ1) is 14.3. The Morgan fingerprint density at radius 2 is 2.00 bits per heavy atom. The summed E-state index contributed by atoms with van der Waals surface area (Å²) in [5.74, 6) is 0. The largest absolute Gasteiger partial charge is 0.302 e. The van der Waals surface area contributed by atoms with Crippen molar-refractivity contribution in [1.29, 1.82) is 0 Å². The molecule has 0 spiro atoms. The number of nitrogens with one attached hydrogen (secondary N) is 1. The van der Waals surface area contributed by atoms with E-state index in [-0.39, 0.29) is 0 Å². The number of unbranched alkanes of at least 4 members (excludes halogenated alkanes) is 2. The first-order valence-corrected chi connectivity index (χ1v) is 7.74. The SMILES string of the molecule is CCCCCc1nnc(NS(=O)(=O)N(C)C)s1. The molecule has 0 atom stereocenters. The zero-order chi connectivity index (χ0) is 12.9. The molecule has 0 bridgehead atoms. The van der Waals surface area contributed by atoms with Gasteiger partial charge in [0.25, 0.3) is 0 Å². The number of hydrogen-bond acceptors (Lipinski definition) is 5. The minimum Gasteiger partial charge on any atom is -0.244 e. The van der Waals surface area contributed by atoms with Gasteiger partial charge in [-0.2, -0.15) is 12.7 Å². The molecule has 0 amide bonds. The molecule has 8 heteroatoms. The third-order valence-corrected chi connectivity index (χ3v) is 4.60. The smallest absolute Gasteiger partial charge is 0.244 e. The van der Waals surface area contributed by atoms with Crippen LogP contribution in [0.15, 0.2) is 0 Å². The second-order valence-electron chi connectivity index (χ2n) is 3.85. The van der Waals surface area contributed by atoms with Crippen LogP contribution in [0.3, 0.4) is 0 Å². The molecule has 0 radical (unpaired) electrons. The molecule has 0 aliphatic carbocycles. The van der Waals surface area contributed by atoms with Crippen LogP contribution in [0.4, 0.5) is 5.13 Å². The first-order chi connectivity index (χ1) is 7.95. The summed E-state index contributed by atoms with van der Waals surface area (Å²) in [6, 6.07) is 0. The molecule has 1 N–H and O–H groups in total. The van der Waals surface area contributed by atoms with Crippen molar-refractivity contribution in [2.75, 3.05) is 18.8 Å². The molecule has 0 aliphatic rings. The Bertz CT molecular complexity index is 442. The van der Waals surface area contributed by atoms with Gasteiger partial charge in [-0.3, -0.25) is 0 Å². The molecule has 1 heterocycles. The number of aromatic nitrogens is 2. The molecule has 0 aliphatic heterocycles. The Hall–Kier alpha value is -0.730. The van der Waals surface area contributed by atoms with E-state index < -0.39 is 10.2 Å². The number of aryl methyl sites for hydroxylation is 1. The van der Waals surface area contributed by atoms with Crippen LogP contribution in [-0.2, 0) is 16.6 Å². The van der Waals surface area contributed by atoms with Crippen LogP contribution in [0.1, 0.15) is 31.2 Å². The van der Waals surface area contributed by atoms with Gasteiger partial charge in [-0.05, 0) is 6.42 Å². The zero-order valence-electron chi connectivity index (χ0n) is 10.3. The summed E-state index contributed by atoms with van der Waals surface area (Å²) in [4.78, 5) is 0. The molecule has 0 saturated heterocycles. The van der Waals surface area contributed by atoms with Gasteiger partial charge in [0.2, 0.25) is 5.13 Å². The Labute approximate surface area is 106 Å². The van der Waals surface area contributed by atoms with Crippen molar-refractivity contribution in [2.45, 2.75) is 32.6 Å². The molecule has 1 aromatic heterocycles. The van der Waals surface area contributed by atoms with Gasteiger partial charge in [-0.15, -0.1) is 10.2 Å². The van der Waals surface area contributed by atoms with E-state index >= 15 is 0 Å². The van der Waals surface area contributed by atoms with Crippen LogP contribution in [0.2, 0.25) is 0 Å². The van der Waals surface area contributed by atoms with Crippen LogP contribution in [0.5, 0.6) is 0 Å². The van der Waals surface area contributed by atoms with Crippen LogP contribution in [0.25, 0.3) is 0 Å². The normalized spacial score (nSPS) is 12.0. The fourth-order valence-corrected chi connectivity index (χ4v) is 2.68. The van der Waals surface area contributed by atoms with Gasteiger partial charge in [0, 0.05) is 20.5 Å². The second kappa shape index (κ2) is 6.27. The maximum atomic E-state index is 11.5. The highest BCUT2D eigenvalue weighted by molar-refractivity contribution is 7.90. The molecule has 17 heavy (non-hydrogen) atoms. The number of anilines is 1. The van der Waals surface area contributed by atoms with Crippen LogP contribution in [0, 0.1) is 0 Å². The van der Waals surface area contributed by atoms with E-state index in [1.165, 1.54) is 25.4 Å². The predicted molar refractivity (Wildman–Crippen MR) is 69.4 cm³/mol. The lowest BCUT2D eigenvalue weighted by atomic mass is 10.2. The van der Waals surface area contributed by atoms with Gasteiger partial charge in [0.1, 0.15) is 5.01 Å². The van der Waals surface area contributed by atoms with E-state index in [0.29, 0.717) is 5.13 Å². The van der Waals surface area contributed by atoms with Crippen molar-refractivity contribution < 1.29 is 8.42 Å². The van der Waals surface area contributed by atoms with E-state index in [4.69, 9.17) is 0 Å². The lowest BCUT2D eigenvalue weighted by molar-refractivity contribution is 0.526. The van der Waals surface area contributed by atoms with Crippen LogP contribution in [-0.4, -0.2) is 37.0 Å². The summed E-state index contributed by atoms with van der Waals surface area (Å²) in [6.45, 7) is 2.14. The lowest BCUT2D eigenvalue weighted by Crippen LogP contribution is -2.28. The van der Waals surface area contributed by atoms with Crippen molar-refractivity contribution in [3.05, 3.63) is 5.01 Å². The van der Waals surface area contributed by atoms with Crippen molar-refractivity contribution in [3.63, 3.8) is 0 Å². The van der Waals surface area contributed by atoms with Gasteiger partial charge in [-0.1, -0.05) is 31.1 Å². The van der Waals surface area contributed by atoms with Gasteiger partial charge < -0.3 is 0 Å². The fraction of sp³-hybridized carbons (Fsp3) is 0.778. The second-order valence-corrected chi connectivity index (χ2v) is 6.79. The number of hydrogen-bond donors (Lipinski definition) is 1. The summed E-state index contributed by atoms with van der Waals surface area (Å²) in [5.41, 5.74) is 0.